The summed E-state index contributed by atoms with van der Waals surface area (Å²) in [5, 5.41) is 21.7. The van der Waals surface area contributed by atoms with Gasteiger partial charge in [0.1, 0.15) is 5.75 Å². The van der Waals surface area contributed by atoms with E-state index in [9.17, 15) is 5.11 Å². The van der Waals surface area contributed by atoms with E-state index in [2.05, 4.69) is 10.1 Å². The number of ether oxygens (including phenoxy) is 1. The second-order valence-electron chi connectivity index (χ2n) is 5.48. The predicted octanol–water partition coefficient (Wildman–Crippen LogP) is 0.746. The molecule has 0 radical (unpaired) electrons. The van der Waals surface area contributed by atoms with Gasteiger partial charge in [-0.2, -0.15) is 0 Å². The summed E-state index contributed by atoms with van der Waals surface area (Å²) in [5.41, 5.74) is 6.62. The van der Waals surface area contributed by atoms with Crippen molar-refractivity contribution in [1.29, 1.82) is 0 Å². The largest absolute Gasteiger partial charge is 0.496 e. The summed E-state index contributed by atoms with van der Waals surface area (Å²) in [7, 11) is 1.55. The Kier molecular flexibility index (Phi) is 4.15. The van der Waals surface area contributed by atoms with Crippen LogP contribution in [0.5, 0.6) is 5.75 Å². The van der Waals surface area contributed by atoms with Gasteiger partial charge in [0.15, 0.2) is 5.84 Å². The molecule has 4 N–H and O–H groups in total. The highest BCUT2D eigenvalue weighted by atomic mass is 16.5. The van der Waals surface area contributed by atoms with Crippen LogP contribution in [-0.2, 0) is 6.54 Å². The highest BCUT2D eigenvalue weighted by Crippen LogP contribution is 2.25. The lowest BCUT2D eigenvalue weighted by atomic mass is 10.1. The average molecular weight is 279 g/mol. The molecular formula is C14H21N3O3. The second-order valence-corrected chi connectivity index (χ2v) is 5.48. The van der Waals surface area contributed by atoms with Gasteiger partial charge in [0.25, 0.3) is 0 Å². The van der Waals surface area contributed by atoms with Gasteiger partial charge in [0, 0.05) is 19.6 Å². The Morgan fingerprint density at radius 2 is 2.30 bits per heavy atom. The molecule has 1 aromatic rings. The molecule has 0 bridgehead atoms. The van der Waals surface area contributed by atoms with E-state index in [4.69, 9.17) is 15.7 Å². The molecule has 1 unspecified atom stereocenters. The van der Waals surface area contributed by atoms with Crippen molar-refractivity contribution in [2.24, 2.45) is 10.9 Å². The van der Waals surface area contributed by atoms with E-state index < -0.39 is 5.60 Å². The maximum atomic E-state index is 9.97. The number of amidine groups is 1. The highest BCUT2D eigenvalue weighted by molar-refractivity contribution is 5.99. The van der Waals surface area contributed by atoms with Crippen LogP contribution < -0.4 is 10.5 Å². The Labute approximate surface area is 118 Å². The van der Waals surface area contributed by atoms with E-state index in [-0.39, 0.29) is 5.84 Å². The van der Waals surface area contributed by atoms with E-state index in [1.54, 1.807) is 13.2 Å². The minimum atomic E-state index is -0.599. The summed E-state index contributed by atoms with van der Waals surface area (Å²) in [6.07, 6.45) is 0.784. The van der Waals surface area contributed by atoms with Gasteiger partial charge in [-0.3, -0.25) is 4.90 Å². The van der Waals surface area contributed by atoms with Gasteiger partial charge in [-0.15, -0.1) is 0 Å². The molecule has 1 saturated heterocycles. The van der Waals surface area contributed by atoms with E-state index in [1.807, 2.05) is 19.1 Å². The monoisotopic (exact) mass is 279 g/mol. The fourth-order valence-corrected chi connectivity index (χ4v) is 2.53. The SMILES string of the molecule is COc1cc(CN2CCC(C)(O)C2)ccc1/C(N)=N/O. The first-order valence-electron chi connectivity index (χ1n) is 6.55. The van der Waals surface area contributed by atoms with Crippen molar-refractivity contribution in [2.75, 3.05) is 20.2 Å². The molecule has 1 atom stereocenters. The quantitative estimate of drug-likeness (QED) is 0.327. The fraction of sp³-hybridized carbons (Fsp3) is 0.500. The lowest BCUT2D eigenvalue weighted by Gasteiger charge is -2.19. The summed E-state index contributed by atoms with van der Waals surface area (Å²) < 4.78 is 5.27. The number of rotatable bonds is 4. The molecule has 1 aliphatic rings. The predicted molar refractivity (Wildman–Crippen MR) is 76.0 cm³/mol. The Morgan fingerprint density at radius 1 is 1.55 bits per heavy atom. The number of methoxy groups -OCH3 is 1. The average Bonchev–Trinajstić information content (AvgIpc) is 2.76. The molecule has 1 aromatic carbocycles. The minimum absolute atomic E-state index is 0.0255. The molecular weight excluding hydrogens is 258 g/mol. The summed E-state index contributed by atoms with van der Waals surface area (Å²) in [6.45, 7) is 4.13. The van der Waals surface area contributed by atoms with Crippen molar-refractivity contribution >= 4 is 5.84 Å². The fourth-order valence-electron chi connectivity index (χ4n) is 2.53. The van der Waals surface area contributed by atoms with Gasteiger partial charge in [0.2, 0.25) is 0 Å². The zero-order valence-corrected chi connectivity index (χ0v) is 11.8. The van der Waals surface area contributed by atoms with Crippen molar-refractivity contribution in [2.45, 2.75) is 25.5 Å². The van der Waals surface area contributed by atoms with Gasteiger partial charge in [-0.05, 0) is 31.0 Å². The van der Waals surface area contributed by atoms with Crippen molar-refractivity contribution in [3.05, 3.63) is 29.3 Å². The lowest BCUT2D eigenvalue weighted by molar-refractivity contribution is 0.0679. The number of hydrogen-bond acceptors (Lipinski definition) is 5. The van der Waals surface area contributed by atoms with Crippen LogP contribution in [0.2, 0.25) is 0 Å². The van der Waals surface area contributed by atoms with Crippen molar-refractivity contribution < 1.29 is 15.1 Å². The molecule has 1 fully saturated rings. The first-order valence-corrected chi connectivity index (χ1v) is 6.55. The van der Waals surface area contributed by atoms with Crippen LogP contribution in [0.1, 0.15) is 24.5 Å². The molecule has 110 valence electrons. The molecule has 20 heavy (non-hydrogen) atoms. The molecule has 0 spiro atoms. The number of nitrogens with two attached hydrogens (primary N) is 1. The van der Waals surface area contributed by atoms with Crippen LogP contribution in [0.4, 0.5) is 0 Å². The van der Waals surface area contributed by atoms with Gasteiger partial charge in [-0.1, -0.05) is 11.2 Å². The molecule has 1 aliphatic heterocycles. The molecule has 0 aliphatic carbocycles. The first-order chi connectivity index (χ1) is 9.45. The highest BCUT2D eigenvalue weighted by Gasteiger charge is 2.31. The summed E-state index contributed by atoms with van der Waals surface area (Å²) in [5.74, 6) is 0.598. The Morgan fingerprint density at radius 3 is 2.85 bits per heavy atom. The van der Waals surface area contributed by atoms with Crippen molar-refractivity contribution in [3.63, 3.8) is 0 Å². The van der Waals surface area contributed by atoms with Gasteiger partial charge in [-0.25, -0.2) is 0 Å². The van der Waals surface area contributed by atoms with Crippen LogP contribution in [0, 0.1) is 0 Å². The van der Waals surface area contributed by atoms with Gasteiger partial charge in [0.05, 0.1) is 18.3 Å². The normalized spacial score (nSPS) is 24.1. The summed E-state index contributed by atoms with van der Waals surface area (Å²) in [4.78, 5) is 2.19. The number of hydrogen-bond donors (Lipinski definition) is 3. The molecule has 0 saturated carbocycles. The van der Waals surface area contributed by atoms with E-state index in [1.165, 1.54) is 0 Å². The molecule has 2 rings (SSSR count). The van der Waals surface area contributed by atoms with Crippen LogP contribution in [0.25, 0.3) is 0 Å². The van der Waals surface area contributed by atoms with Crippen molar-refractivity contribution in [1.82, 2.24) is 4.90 Å². The van der Waals surface area contributed by atoms with E-state index in [0.29, 0.717) is 17.9 Å². The smallest absolute Gasteiger partial charge is 0.173 e. The first kappa shape index (κ1) is 14.6. The topological polar surface area (TPSA) is 91.3 Å². The van der Waals surface area contributed by atoms with Crippen LogP contribution in [-0.4, -0.2) is 46.8 Å². The number of oxime groups is 1. The molecule has 6 nitrogen and oxygen atoms in total. The van der Waals surface area contributed by atoms with E-state index >= 15 is 0 Å². The molecule has 0 amide bonds. The zero-order valence-electron chi connectivity index (χ0n) is 11.8. The van der Waals surface area contributed by atoms with Crippen LogP contribution in [0.3, 0.4) is 0 Å². The van der Waals surface area contributed by atoms with Crippen molar-refractivity contribution in [3.8, 4) is 5.75 Å². The maximum Gasteiger partial charge on any atom is 0.173 e. The zero-order chi connectivity index (χ0) is 14.8. The van der Waals surface area contributed by atoms with Gasteiger partial charge >= 0.3 is 0 Å². The Balaban J connectivity index is 2.14. The number of nitrogens with zero attached hydrogens (tertiary/aromatic N) is 2. The summed E-state index contributed by atoms with van der Waals surface area (Å²) in [6, 6.07) is 5.57. The lowest BCUT2D eigenvalue weighted by Crippen LogP contribution is -2.29. The van der Waals surface area contributed by atoms with Crippen LogP contribution in [0.15, 0.2) is 23.4 Å². The minimum Gasteiger partial charge on any atom is -0.496 e. The number of aliphatic hydroxyl groups is 1. The van der Waals surface area contributed by atoms with E-state index in [0.717, 1.165) is 25.1 Å². The molecule has 1 heterocycles. The Bertz CT molecular complexity index is 514. The second kappa shape index (κ2) is 5.68. The Hall–Kier alpha value is -1.79. The third-order valence-corrected chi connectivity index (χ3v) is 3.59. The summed E-state index contributed by atoms with van der Waals surface area (Å²) >= 11 is 0. The maximum absolute atomic E-state index is 9.97. The molecule has 0 aromatic heterocycles. The third-order valence-electron chi connectivity index (χ3n) is 3.59. The van der Waals surface area contributed by atoms with Crippen LogP contribution >= 0.6 is 0 Å². The number of benzene rings is 1. The van der Waals surface area contributed by atoms with Gasteiger partial charge < -0.3 is 20.8 Å². The number of β-amino-alcohol motifs (C(OH)–C–C–N with tert-alkyl or cyclic N) is 1. The third kappa shape index (κ3) is 3.20. The number of likely N-dealkylation sites (tertiary alicyclic amines) is 1. The molecule has 6 heteroatoms. The standard InChI is InChI=1S/C14H21N3O3/c1-14(18)5-6-17(9-14)8-10-3-4-11(13(15)16-19)12(7-10)20-2/h3-4,7,18-19H,5-6,8-9H2,1-2H3,(H2,15,16).